The van der Waals surface area contributed by atoms with Crippen molar-refractivity contribution in [3.8, 4) is 6.07 Å². The third kappa shape index (κ3) is 4.90. The number of carbonyl (C=O) groups is 1. The molecule has 7 nitrogen and oxygen atoms in total. The van der Waals surface area contributed by atoms with E-state index in [-0.39, 0.29) is 5.91 Å². The van der Waals surface area contributed by atoms with Gasteiger partial charge in [0.25, 0.3) is 5.91 Å². The number of halogens is 1. The maximum atomic E-state index is 13.8. The average Bonchev–Trinajstić information content (AvgIpc) is 2.92. The first-order valence-electron chi connectivity index (χ1n) is 12.5. The fourth-order valence-corrected chi connectivity index (χ4v) is 6.88. The van der Waals surface area contributed by atoms with Gasteiger partial charge in [-0.1, -0.05) is 41.9 Å². The number of nitrogens with zero attached hydrogens (tertiary/aromatic N) is 4. The molecule has 0 unspecified atom stereocenters. The van der Waals surface area contributed by atoms with Crippen LogP contribution in [0.1, 0.15) is 41.6 Å². The highest BCUT2D eigenvalue weighted by atomic mass is 35.5. The molecular formula is C28H29ClN4O3S. The van der Waals surface area contributed by atoms with Gasteiger partial charge in [-0.05, 0) is 49.4 Å². The minimum Gasteiger partial charge on any atom is -0.370 e. The number of hydrogen-bond acceptors (Lipinski definition) is 6. The van der Waals surface area contributed by atoms with Crippen molar-refractivity contribution in [1.82, 2.24) is 9.88 Å². The number of likely N-dealkylation sites (tertiary alicyclic amines) is 1. The Hall–Kier alpha value is -3.15. The van der Waals surface area contributed by atoms with Crippen molar-refractivity contribution in [2.45, 2.75) is 36.3 Å². The third-order valence-electron chi connectivity index (χ3n) is 7.84. The highest BCUT2D eigenvalue weighted by molar-refractivity contribution is 7.91. The molecule has 0 spiro atoms. The lowest BCUT2D eigenvalue weighted by molar-refractivity contribution is 0.0726. The second-order valence-electron chi connectivity index (χ2n) is 10.1. The van der Waals surface area contributed by atoms with Crippen molar-refractivity contribution in [3.05, 3.63) is 70.9 Å². The van der Waals surface area contributed by atoms with Gasteiger partial charge < -0.3 is 9.80 Å². The molecular weight excluding hydrogens is 508 g/mol. The first kappa shape index (κ1) is 25.5. The lowest BCUT2D eigenvalue weighted by Gasteiger charge is -2.40. The molecule has 9 heteroatoms. The summed E-state index contributed by atoms with van der Waals surface area (Å²) in [5.41, 5.74) is 2.45. The van der Waals surface area contributed by atoms with E-state index in [1.165, 1.54) is 6.26 Å². The van der Waals surface area contributed by atoms with E-state index in [0.717, 1.165) is 22.2 Å². The quantitative estimate of drug-likeness (QED) is 0.483. The van der Waals surface area contributed by atoms with Crippen molar-refractivity contribution in [2.75, 3.05) is 37.3 Å². The van der Waals surface area contributed by atoms with E-state index >= 15 is 0 Å². The van der Waals surface area contributed by atoms with Crippen LogP contribution in [0.25, 0.3) is 10.9 Å². The van der Waals surface area contributed by atoms with E-state index < -0.39 is 20.5 Å². The molecule has 192 valence electrons. The number of anilines is 1. The van der Waals surface area contributed by atoms with E-state index in [1.807, 2.05) is 42.5 Å². The largest absolute Gasteiger partial charge is 0.370 e. The molecule has 3 heterocycles. The standard InChI is InChI=1S/C28H29ClN4O3S/c1-37(35,36)22-9-13-33(14-10-22)27(34)24-18-31-25-8-7-21(29)17-23(25)26(24)32-15-11-28(19-30,12-16-32)20-5-3-2-4-6-20/h2-8,17-18,22H,9-16H2,1H3. The van der Waals surface area contributed by atoms with Gasteiger partial charge in [0.05, 0.1) is 33.5 Å². The molecule has 3 aromatic rings. The van der Waals surface area contributed by atoms with Crippen LogP contribution in [0, 0.1) is 11.3 Å². The number of rotatable bonds is 4. The van der Waals surface area contributed by atoms with Crippen molar-refractivity contribution >= 4 is 43.9 Å². The van der Waals surface area contributed by atoms with Gasteiger partial charge in [-0.25, -0.2) is 8.42 Å². The van der Waals surface area contributed by atoms with E-state index in [2.05, 4.69) is 16.0 Å². The third-order valence-corrected chi connectivity index (χ3v) is 9.76. The van der Waals surface area contributed by atoms with Crippen LogP contribution in [0.3, 0.4) is 0 Å². The number of carbonyl (C=O) groups excluding carboxylic acids is 1. The zero-order valence-electron chi connectivity index (χ0n) is 20.7. The number of fused-ring (bicyclic) bond motifs is 1. The molecule has 2 fully saturated rings. The molecule has 0 N–H and O–H groups in total. The molecule has 2 aromatic carbocycles. The molecule has 0 atom stereocenters. The van der Waals surface area contributed by atoms with Crippen LogP contribution in [0.4, 0.5) is 5.69 Å². The summed E-state index contributed by atoms with van der Waals surface area (Å²) in [7, 11) is -3.13. The molecule has 0 saturated carbocycles. The number of sulfone groups is 1. The number of benzene rings is 2. The summed E-state index contributed by atoms with van der Waals surface area (Å²) in [5.74, 6) is -0.156. The Balaban J connectivity index is 1.48. The first-order chi connectivity index (χ1) is 17.7. The Morgan fingerprint density at radius 1 is 1.08 bits per heavy atom. The van der Waals surface area contributed by atoms with Crippen LogP contribution in [0.2, 0.25) is 5.02 Å². The van der Waals surface area contributed by atoms with Gasteiger partial charge in [0.15, 0.2) is 0 Å². The number of hydrogen-bond donors (Lipinski definition) is 0. The molecule has 5 rings (SSSR count). The van der Waals surface area contributed by atoms with Crippen LogP contribution in [-0.2, 0) is 15.3 Å². The van der Waals surface area contributed by atoms with E-state index in [4.69, 9.17) is 11.6 Å². The summed E-state index contributed by atoms with van der Waals surface area (Å²) in [5, 5.41) is 11.1. The number of nitriles is 1. The van der Waals surface area contributed by atoms with Crippen molar-refractivity contribution < 1.29 is 13.2 Å². The SMILES string of the molecule is CS(=O)(=O)C1CCN(C(=O)c2cnc3ccc(Cl)cc3c2N2CCC(C#N)(c3ccccc3)CC2)CC1. The predicted molar refractivity (Wildman–Crippen MR) is 146 cm³/mol. The summed E-state index contributed by atoms with van der Waals surface area (Å²) in [6.07, 6.45) is 5.00. The molecule has 2 aliphatic rings. The molecule has 2 aliphatic heterocycles. The van der Waals surface area contributed by atoms with Crippen molar-refractivity contribution in [1.29, 1.82) is 5.26 Å². The van der Waals surface area contributed by atoms with Crippen molar-refractivity contribution in [3.63, 3.8) is 0 Å². The smallest absolute Gasteiger partial charge is 0.257 e. The zero-order chi connectivity index (χ0) is 26.2. The zero-order valence-corrected chi connectivity index (χ0v) is 22.3. The van der Waals surface area contributed by atoms with Gasteiger partial charge in [-0.15, -0.1) is 0 Å². The second-order valence-corrected chi connectivity index (χ2v) is 12.8. The summed E-state index contributed by atoms with van der Waals surface area (Å²) < 4.78 is 24.0. The summed E-state index contributed by atoms with van der Waals surface area (Å²) >= 11 is 6.38. The maximum absolute atomic E-state index is 13.8. The minimum absolute atomic E-state index is 0.156. The van der Waals surface area contributed by atoms with Crippen LogP contribution >= 0.6 is 11.6 Å². The number of amides is 1. The predicted octanol–water partition coefficient (Wildman–Crippen LogP) is 4.60. The van der Waals surface area contributed by atoms with Gasteiger partial charge in [0, 0.05) is 49.0 Å². The normalized spacial score (nSPS) is 18.5. The highest BCUT2D eigenvalue weighted by Crippen LogP contribution is 2.40. The molecule has 0 aliphatic carbocycles. The number of pyridine rings is 1. The molecule has 0 bridgehead atoms. The van der Waals surface area contributed by atoms with Crippen molar-refractivity contribution in [2.24, 2.45) is 0 Å². The van der Waals surface area contributed by atoms with Crippen LogP contribution in [-0.4, -0.2) is 61.9 Å². The second kappa shape index (κ2) is 9.96. The van der Waals surface area contributed by atoms with E-state index in [1.54, 1.807) is 17.2 Å². The summed E-state index contributed by atoms with van der Waals surface area (Å²) in [6, 6.07) is 17.9. The Bertz CT molecular complexity index is 1470. The topological polar surface area (TPSA) is 94.4 Å². The molecule has 1 aromatic heterocycles. The monoisotopic (exact) mass is 536 g/mol. The van der Waals surface area contributed by atoms with Gasteiger partial charge in [0.1, 0.15) is 9.84 Å². The van der Waals surface area contributed by atoms with Crippen LogP contribution in [0.15, 0.2) is 54.7 Å². The van der Waals surface area contributed by atoms with Gasteiger partial charge >= 0.3 is 0 Å². The summed E-state index contributed by atoms with van der Waals surface area (Å²) in [4.78, 5) is 22.2. The van der Waals surface area contributed by atoms with Crippen LogP contribution < -0.4 is 4.90 Å². The number of aromatic nitrogens is 1. The fraction of sp³-hybridized carbons (Fsp3) is 0.393. The molecule has 37 heavy (non-hydrogen) atoms. The Labute approximate surface area is 222 Å². The molecule has 0 radical (unpaired) electrons. The van der Waals surface area contributed by atoms with E-state index in [0.29, 0.717) is 62.4 Å². The Kier molecular flexibility index (Phi) is 6.86. The Morgan fingerprint density at radius 2 is 1.76 bits per heavy atom. The first-order valence-corrected chi connectivity index (χ1v) is 14.8. The maximum Gasteiger partial charge on any atom is 0.257 e. The average molecular weight is 537 g/mol. The molecule has 2 saturated heterocycles. The van der Waals surface area contributed by atoms with Gasteiger partial charge in [0.2, 0.25) is 0 Å². The lowest BCUT2D eigenvalue weighted by Crippen LogP contribution is -2.44. The minimum atomic E-state index is -3.13. The van der Waals surface area contributed by atoms with Crippen LogP contribution in [0.5, 0.6) is 0 Å². The van der Waals surface area contributed by atoms with Gasteiger partial charge in [-0.2, -0.15) is 5.26 Å². The summed E-state index contributed by atoms with van der Waals surface area (Å²) in [6.45, 7) is 1.97. The van der Waals surface area contributed by atoms with Gasteiger partial charge in [-0.3, -0.25) is 9.78 Å². The number of piperidine rings is 2. The van der Waals surface area contributed by atoms with E-state index in [9.17, 15) is 18.5 Å². The lowest BCUT2D eigenvalue weighted by atomic mass is 9.74. The highest BCUT2D eigenvalue weighted by Gasteiger charge is 2.38. The fourth-order valence-electron chi connectivity index (χ4n) is 5.64. The molecule has 1 amide bonds. The Morgan fingerprint density at radius 3 is 2.38 bits per heavy atom.